The van der Waals surface area contributed by atoms with Gasteiger partial charge in [0, 0.05) is 50.1 Å². The van der Waals surface area contributed by atoms with E-state index in [1.807, 2.05) is 0 Å². The molecule has 3 nitrogen and oxygen atoms in total. The van der Waals surface area contributed by atoms with E-state index < -0.39 is 16.1 Å². The minimum Gasteiger partial charge on any atom is -0.335 e. The maximum absolute atomic E-state index is 3.13. The minimum atomic E-state index is -3.13. The summed E-state index contributed by atoms with van der Waals surface area (Å²) in [4.78, 5) is 5.44. The van der Waals surface area contributed by atoms with Crippen molar-refractivity contribution in [2.45, 2.75) is 64.3 Å². The number of hydrogen-bond donors (Lipinski definition) is 0. The number of hydrogen-bond acceptors (Lipinski definition) is 2. The normalized spacial score (nSPS) is 17.2. The van der Waals surface area contributed by atoms with Crippen LogP contribution in [-0.4, -0.2) is 33.0 Å². The first-order valence-corrected chi connectivity index (χ1v) is 35.7. The van der Waals surface area contributed by atoms with E-state index in [1.165, 1.54) is 126 Å². The molecule has 4 heterocycles. The van der Waals surface area contributed by atoms with E-state index in [-0.39, 0.29) is 17.7 Å². The van der Waals surface area contributed by atoms with Gasteiger partial charge in [0.15, 0.2) is 16.1 Å². The lowest BCUT2D eigenvalue weighted by Gasteiger charge is -2.52. The van der Waals surface area contributed by atoms with Crippen LogP contribution in [0, 0.1) is 13.8 Å². The third-order valence-electron chi connectivity index (χ3n) is 21.5. The zero-order chi connectivity index (χ0) is 58.9. The van der Waals surface area contributed by atoms with Crippen molar-refractivity contribution in [2.24, 2.45) is 0 Å². The molecule has 17 rings (SSSR count). The predicted molar refractivity (Wildman–Crippen MR) is 380 cm³/mol. The van der Waals surface area contributed by atoms with Crippen LogP contribution in [-0.2, 0) is 5.41 Å². The van der Waals surface area contributed by atoms with Gasteiger partial charge in [-0.3, -0.25) is 0 Å². The lowest BCUT2D eigenvalue weighted by atomic mass is 9.33. The molecule has 3 aliphatic heterocycles. The van der Waals surface area contributed by atoms with Crippen LogP contribution in [0.2, 0.25) is 0 Å². The molecule has 2 unspecified atom stereocenters. The molecular formula is C82H68BN3Si2. The summed E-state index contributed by atoms with van der Waals surface area (Å²) in [5.74, 6) is 0. The number of para-hydroxylation sites is 1. The van der Waals surface area contributed by atoms with Crippen molar-refractivity contribution in [3.63, 3.8) is 0 Å². The van der Waals surface area contributed by atoms with Gasteiger partial charge in [0.2, 0.25) is 0 Å². The highest BCUT2D eigenvalue weighted by Crippen LogP contribution is 2.62. The van der Waals surface area contributed by atoms with Crippen molar-refractivity contribution in [1.82, 2.24) is 4.57 Å². The predicted octanol–water partition coefficient (Wildman–Crippen LogP) is 12.5. The van der Waals surface area contributed by atoms with Gasteiger partial charge in [-0.15, -0.1) is 0 Å². The smallest absolute Gasteiger partial charge is 0.252 e. The second-order valence-corrected chi connectivity index (χ2v) is 33.6. The molecule has 4 aliphatic rings. The molecule has 0 N–H and O–H groups in total. The van der Waals surface area contributed by atoms with Crippen molar-refractivity contribution >= 4 is 131 Å². The maximum atomic E-state index is 2.91. The summed E-state index contributed by atoms with van der Waals surface area (Å²) in [6, 6.07) is 113. The molecule has 2 atom stereocenters. The Hall–Kier alpha value is -9.46. The fraction of sp³-hybridized carbons (Fsp3) is 0.122. The lowest BCUT2D eigenvalue weighted by Crippen LogP contribution is -2.75. The Morgan fingerprint density at radius 1 is 0.386 bits per heavy atom. The summed E-state index contributed by atoms with van der Waals surface area (Å²) in [5.41, 5.74) is 18.0. The fourth-order valence-electron chi connectivity index (χ4n) is 17.3. The summed E-state index contributed by atoms with van der Waals surface area (Å²) in [5, 5.41) is 13.6. The average molecular weight is 1160 g/mol. The van der Waals surface area contributed by atoms with Gasteiger partial charge >= 0.3 is 0 Å². The van der Waals surface area contributed by atoms with Gasteiger partial charge in [-0.2, -0.15) is 0 Å². The number of benzene rings is 12. The van der Waals surface area contributed by atoms with E-state index in [2.05, 4.69) is 333 Å². The first-order valence-electron chi connectivity index (χ1n) is 31.7. The van der Waals surface area contributed by atoms with E-state index in [1.54, 1.807) is 0 Å². The summed E-state index contributed by atoms with van der Waals surface area (Å²) in [7, 11) is -6.15. The summed E-state index contributed by atoms with van der Waals surface area (Å²) in [6.07, 6.45) is 4.72. The first kappa shape index (κ1) is 52.8. The molecule has 0 amide bonds. The number of rotatable bonds is 11. The van der Waals surface area contributed by atoms with E-state index >= 15 is 0 Å². The Bertz CT molecular complexity index is 4610. The molecule has 6 heteroatoms. The average Bonchev–Trinajstić information content (AvgIpc) is 1.51. The Balaban J connectivity index is 1.07. The molecule has 12 aromatic carbocycles. The van der Waals surface area contributed by atoms with Crippen LogP contribution < -0.4 is 67.7 Å². The fourth-order valence-corrected chi connectivity index (χ4v) is 26.9. The molecule has 1 aliphatic carbocycles. The van der Waals surface area contributed by atoms with E-state index in [0.29, 0.717) is 0 Å². The molecule has 0 saturated heterocycles. The van der Waals surface area contributed by atoms with Crippen molar-refractivity contribution < 1.29 is 0 Å². The Kier molecular flexibility index (Phi) is 12.0. The van der Waals surface area contributed by atoms with Crippen molar-refractivity contribution in [2.75, 3.05) is 9.80 Å². The quantitative estimate of drug-likeness (QED) is 0.0945. The molecule has 0 radical (unpaired) electrons. The van der Waals surface area contributed by atoms with Gasteiger partial charge in [-0.1, -0.05) is 280 Å². The Morgan fingerprint density at radius 2 is 0.841 bits per heavy atom. The molecule has 422 valence electrons. The van der Waals surface area contributed by atoms with E-state index in [4.69, 9.17) is 0 Å². The number of fused-ring (bicyclic) bond motifs is 10. The topological polar surface area (TPSA) is 11.4 Å². The van der Waals surface area contributed by atoms with Crippen LogP contribution in [0.4, 0.5) is 28.4 Å². The van der Waals surface area contributed by atoms with Crippen LogP contribution in [0.5, 0.6) is 0 Å². The van der Waals surface area contributed by atoms with Gasteiger partial charge < -0.3 is 14.4 Å². The lowest BCUT2D eigenvalue weighted by molar-refractivity contribution is 0.195. The molecule has 88 heavy (non-hydrogen) atoms. The number of aromatic nitrogens is 1. The second kappa shape index (κ2) is 20.0. The van der Waals surface area contributed by atoms with Crippen molar-refractivity contribution in [1.29, 1.82) is 0 Å². The zero-order valence-corrected chi connectivity index (χ0v) is 52.5. The maximum Gasteiger partial charge on any atom is 0.252 e. The van der Waals surface area contributed by atoms with Gasteiger partial charge in [-0.05, 0) is 140 Å². The molecule has 0 bridgehead atoms. The monoisotopic (exact) mass is 1160 g/mol. The Labute approximate surface area is 520 Å². The highest BCUT2D eigenvalue weighted by molar-refractivity contribution is 7.21. The van der Waals surface area contributed by atoms with Crippen LogP contribution in [0.1, 0.15) is 56.2 Å². The third kappa shape index (κ3) is 7.36. The Morgan fingerprint density at radius 3 is 1.34 bits per heavy atom. The standard InChI is InChI=1S/C82H68BN3Si2/c1-57-40-44-59(45-41-57)84(60-46-42-58(2)43-47-60)61-52-76-78-77(53-61)86-80-72(81(3)50-23-24-51-82(81,86)4)38-25-39-73(80)83(78)74-56-69(88(65-32-17-8-18-33-65,66-34-19-9-20-35-66)67-36-21-10-22-37-67)55-71-70-54-68(48-49-75(70)85(76)79(71)74)87(62-26-11-5-12-27-62,63-28-13-6-14-29-63)64-30-15-7-16-31-64/h5-22,25-49,52-56H,23-24,50-51H2,1-4H3. The first-order chi connectivity index (χ1) is 43.2. The van der Waals surface area contributed by atoms with Gasteiger partial charge in [-0.25, -0.2) is 0 Å². The van der Waals surface area contributed by atoms with Crippen LogP contribution in [0.15, 0.2) is 291 Å². The van der Waals surface area contributed by atoms with Crippen molar-refractivity contribution in [3.8, 4) is 5.69 Å². The number of anilines is 5. The number of nitrogens with zero attached hydrogens (tertiary/aromatic N) is 3. The van der Waals surface area contributed by atoms with Gasteiger partial charge in [0.1, 0.15) is 0 Å². The van der Waals surface area contributed by atoms with E-state index in [0.717, 1.165) is 29.9 Å². The van der Waals surface area contributed by atoms with Gasteiger partial charge in [0.25, 0.3) is 6.71 Å². The molecular weight excluding hydrogens is 1090 g/mol. The SMILES string of the molecule is Cc1ccc(N(c2ccc(C)cc2)c2cc3c4c(c2)-n2c5ccc([Si](c6ccccc6)(c6ccccc6)c6ccccc6)cc5c5cc([Si](c6ccccc6)(c6ccccc6)c6ccccc6)cc(c52)B4c2cccc4c2N3C2(C)CCCCC42C)cc1. The second-order valence-electron chi connectivity index (χ2n) is 26.0. The molecule has 13 aromatic rings. The van der Waals surface area contributed by atoms with Crippen LogP contribution >= 0.6 is 0 Å². The van der Waals surface area contributed by atoms with E-state index in [9.17, 15) is 0 Å². The van der Waals surface area contributed by atoms with Crippen LogP contribution in [0.3, 0.4) is 0 Å². The largest absolute Gasteiger partial charge is 0.335 e. The summed E-state index contributed by atoms with van der Waals surface area (Å²) in [6.45, 7) is 9.56. The number of aryl methyl sites for hydroxylation is 2. The highest BCUT2D eigenvalue weighted by Gasteiger charge is 2.61. The van der Waals surface area contributed by atoms with Crippen LogP contribution in [0.25, 0.3) is 27.5 Å². The van der Waals surface area contributed by atoms with Gasteiger partial charge in [0.05, 0.1) is 16.7 Å². The molecule has 1 saturated carbocycles. The summed E-state index contributed by atoms with van der Waals surface area (Å²) >= 11 is 0. The molecule has 0 spiro atoms. The zero-order valence-electron chi connectivity index (χ0n) is 50.5. The molecule has 1 fully saturated rings. The molecule has 1 aromatic heterocycles. The third-order valence-corrected chi connectivity index (χ3v) is 31.0. The summed E-state index contributed by atoms with van der Waals surface area (Å²) < 4.78 is 2.75. The van der Waals surface area contributed by atoms with Crippen molar-refractivity contribution in [3.05, 3.63) is 308 Å². The minimum absolute atomic E-state index is 0.0567. The highest BCUT2D eigenvalue weighted by atomic mass is 28.3.